The molecule has 0 spiro atoms. The van der Waals surface area contributed by atoms with Gasteiger partial charge in [-0.05, 0) is 64.8 Å². The van der Waals surface area contributed by atoms with Gasteiger partial charge in [-0.25, -0.2) is 0 Å². The van der Waals surface area contributed by atoms with E-state index >= 15 is 0 Å². The number of carboxylic acids is 1. The molecule has 0 saturated carbocycles. The van der Waals surface area contributed by atoms with E-state index in [-0.39, 0.29) is 41.2 Å². The Bertz CT molecular complexity index is 1160. The molecule has 188 valence electrons. The number of hydrogen-bond donors (Lipinski definition) is 2. The maximum Gasteiger partial charge on any atom is 0.307 e. The zero-order valence-electron chi connectivity index (χ0n) is 20.6. The summed E-state index contributed by atoms with van der Waals surface area (Å²) in [4.78, 5) is 44.8. The summed E-state index contributed by atoms with van der Waals surface area (Å²) in [6.07, 6.45) is -0.00558. The smallest absolute Gasteiger partial charge is 0.307 e. The second-order valence-electron chi connectivity index (χ2n) is 10.2. The number of fused-ring (bicyclic) bond motifs is 1. The van der Waals surface area contributed by atoms with Gasteiger partial charge in [0, 0.05) is 46.7 Å². The van der Waals surface area contributed by atoms with Crippen molar-refractivity contribution in [3.63, 3.8) is 0 Å². The first-order valence-electron chi connectivity index (χ1n) is 10.9. The first kappa shape index (κ1) is 27.2. The van der Waals surface area contributed by atoms with Crippen molar-refractivity contribution in [1.29, 1.82) is 0 Å². The molecule has 11 heteroatoms. The number of carboxylic acid groups (broad SMARTS) is 1. The molecule has 3 rings (SSSR count). The van der Waals surface area contributed by atoms with Gasteiger partial charge in [0.05, 0.1) is 22.7 Å². The molecule has 35 heavy (non-hydrogen) atoms. The summed E-state index contributed by atoms with van der Waals surface area (Å²) < 4.78 is 0. The number of rotatable bonds is 5. The van der Waals surface area contributed by atoms with Crippen molar-refractivity contribution in [2.75, 3.05) is 10.2 Å². The average Bonchev–Trinajstić information content (AvgIpc) is 3.03. The fourth-order valence-corrected chi connectivity index (χ4v) is 3.69. The van der Waals surface area contributed by atoms with Crippen molar-refractivity contribution in [1.82, 2.24) is 0 Å². The molecule has 1 heterocycles. The van der Waals surface area contributed by atoms with Crippen molar-refractivity contribution in [3.05, 3.63) is 67.8 Å². The number of amides is 1. The van der Waals surface area contributed by atoms with Gasteiger partial charge in [0.15, 0.2) is 0 Å². The van der Waals surface area contributed by atoms with E-state index in [9.17, 15) is 29.8 Å². The lowest BCUT2D eigenvalue weighted by Gasteiger charge is -2.32. The molecule has 0 fully saturated rings. The molecule has 2 N–H and O–H groups in total. The van der Waals surface area contributed by atoms with E-state index < -0.39 is 15.8 Å². The van der Waals surface area contributed by atoms with Gasteiger partial charge >= 0.3 is 5.97 Å². The molecule has 0 unspecified atom stereocenters. The summed E-state index contributed by atoms with van der Waals surface area (Å²) in [7, 11) is 0. The highest BCUT2D eigenvalue weighted by Crippen LogP contribution is 2.36. The standard InChI is InChI=1S/C12H16N2O4.C12H14N2O3/c1-12(2,3)13-10-5-4-9(14(17)18)6-8(10)7-11(15)16;1-12(2,3)13-10-5-4-9(14(16)17)6-8(10)7-11(13)15/h4-6,13H,7H2,1-3H3,(H,15,16);4-6H,7H2,1-3H3. The van der Waals surface area contributed by atoms with Crippen LogP contribution in [-0.4, -0.2) is 37.9 Å². The molecule has 1 aliphatic rings. The molecular formula is C24H30N4O7. The Labute approximate surface area is 203 Å². The second kappa shape index (κ2) is 10.1. The summed E-state index contributed by atoms with van der Waals surface area (Å²) in [6, 6.07) is 8.78. The van der Waals surface area contributed by atoms with Crippen molar-refractivity contribution < 1.29 is 24.5 Å². The summed E-state index contributed by atoms with van der Waals surface area (Å²) in [5.74, 6) is -1.03. The quantitative estimate of drug-likeness (QED) is 0.454. The number of carbonyl (C=O) groups excluding carboxylic acids is 1. The number of anilines is 2. The summed E-state index contributed by atoms with van der Waals surface area (Å²) in [6.45, 7) is 11.6. The molecule has 2 aromatic carbocycles. The molecule has 0 bridgehead atoms. The fourth-order valence-electron chi connectivity index (χ4n) is 3.69. The van der Waals surface area contributed by atoms with Crippen LogP contribution in [0.3, 0.4) is 0 Å². The lowest BCUT2D eigenvalue weighted by molar-refractivity contribution is -0.385. The first-order chi connectivity index (χ1) is 16.0. The summed E-state index contributed by atoms with van der Waals surface area (Å²) >= 11 is 0. The lowest BCUT2D eigenvalue weighted by Crippen LogP contribution is -2.43. The van der Waals surface area contributed by atoms with Crippen molar-refractivity contribution in [2.24, 2.45) is 0 Å². The van der Waals surface area contributed by atoms with Crippen LogP contribution in [-0.2, 0) is 22.4 Å². The SMILES string of the molecule is CC(C)(C)N1C(=O)Cc2cc([N+](=O)[O-])ccc21.CC(C)(C)Nc1ccc([N+](=O)[O-])cc1CC(=O)O. The van der Waals surface area contributed by atoms with E-state index in [0.717, 1.165) is 11.3 Å². The topological polar surface area (TPSA) is 156 Å². The highest BCUT2D eigenvalue weighted by atomic mass is 16.6. The van der Waals surface area contributed by atoms with Gasteiger partial charge in [-0.1, -0.05) is 0 Å². The Morgan fingerprint density at radius 2 is 1.54 bits per heavy atom. The number of hydrogen-bond acceptors (Lipinski definition) is 7. The predicted molar refractivity (Wildman–Crippen MR) is 132 cm³/mol. The van der Waals surface area contributed by atoms with E-state index in [4.69, 9.17) is 5.11 Å². The van der Waals surface area contributed by atoms with Gasteiger partial charge in [0.2, 0.25) is 5.91 Å². The molecule has 0 saturated heterocycles. The van der Waals surface area contributed by atoms with E-state index in [1.807, 2.05) is 41.5 Å². The van der Waals surface area contributed by atoms with Crippen LogP contribution >= 0.6 is 0 Å². The summed E-state index contributed by atoms with van der Waals surface area (Å²) in [5.41, 5.74) is 1.91. The fraction of sp³-hybridized carbons (Fsp3) is 0.417. The number of nitro benzene ring substituents is 2. The van der Waals surface area contributed by atoms with Crippen LogP contribution in [0.5, 0.6) is 0 Å². The van der Waals surface area contributed by atoms with Gasteiger partial charge in [-0.2, -0.15) is 0 Å². The highest BCUT2D eigenvalue weighted by molar-refractivity contribution is 6.02. The average molecular weight is 487 g/mol. The Kier molecular flexibility index (Phi) is 7.84. The molecule has 0 aromatic heterocycles. The van der Waals surface area contributed by atoms with Crippen LogP contribution in [0.4, 0.5) is 22.7 Å². The number of aliphatic carboxylic acids is 1. The third-order valence-corrected chi connectivity index (χ3v) is 4.93. The largest absolute Gasteiger partial charge is 0.481 e. The Balaban J connectivity index is 0.000000247. The molecule has 1 amide bonds. The van der Waals surface area contributed by atoms with Gasteiger partial charge < -0.3 is 15.3 Å². The number of carbonyl (C=O) groups is 2. The second-order valence-corrected chi connectivity index (χ2v) is 10.2. The van der Waals surface area contributed by atoms with Gasteiger partial charge in [0.1, 0.15) is 0 Å². The third kappa shape index (κ3) is 7.23. The molecule has 2 aromatic rings. The van der Waals surface area contributed by atoms with Gasteiger partial charge in [-0.3, -0.25) is 29.8 Å². The molecule has 0 aliphatic carbocycles. The van der Waals surface area contributed by atoms with E-state index in [2.05, 4.69) is 5.32 Å². The minimum absolute atomic E-state index is 0.00648. The highest BCUT2D eigenvalue weighted by Gasteiger charge is 2.35. The number of nitrogens with zero attached hydrogens (tertiary/aromatic N) is 3. The Hall–Kier alpha value is -4.02. The Morgan fingerprint density at radius 3 is 2.03 bits per heavy atom. The van der Waals surface area contributed by atoms with Crippen molar-refractivity contribution >= 4 is 34.6 Å². The van der Waals surface area contributed by atoms with Crippen LogP contribution in [0.1, 0.15) is 52.7 Å². The molecule has 0 atom stereocenters. The normalized spacial score (nSPS) is 13.0. The number of non-ortho nitro benzene ring substituents is 2. The minimum atomic E-state index is -1.02. The van der Waals surface area contributed by atoms with E-state index in [1.165, 1.54) is 24.3 Å². The first-order valence-corrected chi connectivity index (χ1v) is 10.9. The molecule has 1 aliphatic heterocycles. The van der Waals surface area contributed by atoms with Gasteiger partial charge in [0.25, 0.3) is 11.4 Å². The van der Waals surface area contributed by atoms with Crippen molar-refractivity contribution in [2.45, 2.75) is 65.5 Å². The monoisotopic (exact) mass is 486 g/mol. The zero-order valence-corrected chi connectivity index (χ0v) is 20.6. The van der Waals surface area contributed by atoms with E-state index in [1.54, 1.807) is 17.0 Å². The van der Waals surface area contributed by atoms with Crippen molar-refractivity contribution in [3.8, 4) is 0 Å². The number of nitro groups is 2. The molecule has 11 nitrogen and oxygen atoms in total. The molecule has 0 radical (unpaired) electrons. The third-order valence-electron chi connectivity index (χ3n) is 4.93. The predicted octanol–water partition coefficient (Wildman–Crippen LogP) is 4.71. The van der Waals surface area contributed by atoms with Crippen LogP contribution in [0, 0.1) is 20.2 Å². The number of benzene rings is 2. The maximum absolute atomic E-state index is 11.9. The van der Waals surface area contributed by atoms with Crippen LogP contribution < -0.4 is 10.2 Å². The molecular weight excluding hydrogens is 456 g/mol. The van der Waals surface area contributed by atoms with Crippen LogP contribution in [0.2, 0.25) is 0 Å². The Morgan fingerprint density at radius 1 is 1.00 bits per heavy atom. The number of nitrogens with one attached hydrogen (secondary N) is 1. The van der Waals surface area contributed by atoms with Crippen LogP contribution in [0.25, 0.3) is 0 Å². The summed E-state index contributed by atoms with van der Waals surface area (Å²) in [5, 5.41) is 33.3. The van der Waals surface area contributed by atoms with Gasteiger partial charge in [-0.15, -0.1) is 0 Å². The lowest BCUT2D eigenvalue weighted by atomic mass is 10.0. The van der Waals surface area contributed by atoms with Crippen LogP contribution in [0.15, 0.2) is 36.4 Å². The minimum Gasteiger partial charge on any atom is -0.481 e. The maximum atomic E-state index is 11.9. The zero-order chi connectivity index (χ0) is 26.7. The van der Waals surface area contributed by atoms with E-state index in [0.29, 0.717) is 11.3 Å².